The molecule has 4 nitrogen and oxygen atoms in total. The molecular weight excluding hydrogens is 346 g/mol. The largest absolute Gasteiger partial charge is 0.507 e. The van der Waals surface area contributed by atoms with Gasteiger partial charge < -0.3 is 14.6 Å². The van der Waals surface area contributed by atoms with E-state index >= 15 is 0 Å². The number of methoxy groups -OCH3 is 2. The highest BCUT2D eigenvalue weighted by Crippen LogP contribution is 2.32. The van der Waals surface area contributed by atoms with Gasteiger partial charge in [-0.3, -0.25) is 0 Å². The van der Waals surface area contributed by atoms with Crippen LogP contribution in [-0.2, 0) is 0 Å². The molecular formula is C17H14BrNO3. The Morgan fingerprint density at radius 3 is 2.50 bits per heavy atom. The van der Waals surface area contributed by atoms with Gasteiger partial charge in [0, 0.05) is 10.0 Å². The first-order valence-corrected chi connectivity index (χ1v) is 7.21. The van der Waals surface area contributed by atoms with E-state index in [1.165, 1.54) is 7.11 Å². The van der Waals surface area contributed by atoms with E-state index in [2.05, 4.69) is 22.0 Å². The summed E-state index contributed by atoms with van der Waals surface area (Å²) in [5.41, 5.74) is 1.65. The summed E-state index contributed by atoms with van der Waals surface area (Å²) in [5.74, 6) is 1.24. The van der Waals surface area contributed by atoms with Crippen molar-refractivity contribution in [1.29, 1.82) is 5.26 Å². The quantitative estimate of drug-likeness (QED) is 0.655. The monoisotopic (exact) mass is 359 g/mol. The highest BCUT2D eigenvalue weighted by atomic mass is 79.9. The molecule has 0 atom stereocenters. The van der Waals surface area contributed by atoms with E-state index in [9.17, 15) is 10.4 Å². The molecule has 0 aromatic heterocycles. The number of nitriles is 1. The zero-order chi connectivity index (χ0) is 16.1. The SMILES string of the molecule is COc1ccc(/C(C#N)=C/c2cc(Br)ccc2O)cc1OC. The third kappa shape index (κ3) is 3.41. The number of nitrogens with zero attached hydrogens (tertiary/aromatic N) is 1. The summed E-state index contributed by atoms with van der Waals surface area (Å²) >= 11 is 3.35. The number of allylic oxidation sites excluding steroid dienone is 1. The highest BCUT2D eigenvalue weighted by molar-refractivity contribution is 9.10. The molecule has 2 aromatic rings. The summed E-state index contributed by atoms with van der Waals surface area (Å²) in [6.07, 6.45) is 1.63. The molecule has 22 heavy (non-hydrogen) atoms. The van der Waals surface area contributed by atoms with E-state index in [1.54, 1.807) is 49.6 Å². The molecule has 5 heteroatoms. The van der Waals surface area contributed by atoms with Crippen molar-refractivity contribution in [1.82, 2.24) is 0 Å². The Kier molecular flexibility index (Phi) is 5.08. The van der Waals surface area contributed by atoms with E-state index in [1.807, 2.05) is 0 Å². The number of hydrogen-bond acceptors (Lipinski definition) is 4. The van der Waals surface area contributed by atoms with Crippen LogP contribution in [0, 0.1) is 11.3 Å². The van der Waals surface area contributed by atoms with Crippen LogP contribution in [-0.4, -0.2) is 19.3 Å². The van der Waals surface area contributed by atoms with Crippen molar-refractivity contribution in [2.75, 3.05) is 14.2 Å². The van der Waals surface area contributed by atoms with E-state index in [0.717, 1.165) is 4.47 Å². The van der Waals surface area contributed by atoms with Gasteiger partial charge in [0.25, 0.3) is 0 Å². The van der Waals surface area contributed by atoms with Gasteiger partial charge in [-0.05, 0) is 48.0 Å². The third-order valence-electron chi connectivity index (χ3n) is 3.10. The molecule has 0 spiro atoms. The Hall–Kier alpha value is -2.45. The second kappa shape index (κ2) is 7.01. The van der Waals surface area contributed by atoms with Crippen LogP contribution in [0.4, 0.5) is 0 Å². The molecule has 0 heterocycles. The fourth-order valence-corrected chi connectivity index (χ4v) is 2.36. The zero-order valence-electron chi connectivity index (χ0n) is 12.1. The minimum absolute atomic E-state index is 0.108. The molecule has 0 unspecified atom stereocenters. The molecule has 112 valence electrons. The predicted molar refractivity (Wildman–Crippen MR) is 88.8 cm³/mol. The number of halogens is 1. The van der Waals surface area contributed by atoms with Gasteiger partial charge in [-0.25, -0.2) is 0 Å². The van der Waals surface area contributed by atoms with Gasteiger partial charge in [0.2, 0.25) is 0 Å². The molecule has 0 radical (unpaired) electrons. The number of rotatable bonds is 4. The average Bonchev–Trinajstić information content (AvgIpc) is 2.55. The smallest absolute Gasteiger partial charge is 0.161 e. The average molecular weight is 360 g/mol. The Labute approximate surface area is 137 Å². The van der Waals surface area contributed by atoms with Gasteiger partial charge in [0.1, 0.15) is 5.75 Å². The Morgan fingerprint density at radius 1 is 1.14 bits per heavy atom. The van der Waals surface area contributed by atoms with Crippen LogP contribution >= 0.6 is 15.9 Å². The molecule has 0 saturated carbocycles. The summed E-state index contributed by atoms with van der Waals surface area (Å²) in [6.45, 7) is 0. The Bertz CT molecular complexity index is 763. The van der Waals surface area contributed by atoms with Crippen molar-refractivity contribution in [2.24, 2.45) is 0 Å². The number of phenols is 1. The maximum atomic E-state index is 9.89. The van der Waals surface area contributed by atoms with Crippen molar-refractivity contribution in [2.45, 2.75) is 0 Å². The minimum Gasteiger partial charge on any atom is -0.507 e. The van der Waals surface area contributed by atoms with Crippen molar-refractivity contribution < 1.29 is 14.6 Å². The van der Waals surface area contributed by atoms with Crippen molar-refractivity contribution in [3.8, 4) is 23.3 Å². The molecule has 0 fully saturated rings. The van der Waals surface area contributed by atoms with Crippen molar-refractivity contribution in [3.05, 3.63) is 52.0 Å². The lowest BCUT2D eigenvalue weighted by molar-refractivity contribution is 0.355. The van der Waals surface area contributed by atoms with E-state index < -0.39 is 0 Å². The summed E-state index contributed by atoms with van der Waals surface area (Å²) in [5, 5.41) is 19.3. The van der Waals surface area contributed by atoms with Gasteiger partial charge >= 0.3 is 0 Å². The summed E-state index contributed by atoms with van der Waals surface area (Å²) < 4.78 is 11.3. The fourth-order valence-electron chi connectivity index (χ4n) is 1.98. The summed E-state index contributed by atoms with van der Waals surface area (Å²) in [4.78, 5) is 0. The van der Waals surface area contributed by atoms with Crippen LogP contribution in [0.1, 0.15) is 11.1 Å². The molecule has 0 aliphatic heterocycles. The van der Waals surface area contributed by atoms with E-state index in [4.69, 9.17) is 9.47 Å². The van der Waals surface area contributed by atoms with Gasteiger partial charge in [-0.15, -0.1) is 0 Å². The number of hydrogen-bond donors (Lipinski definition) is 1. The molecule has 2 aromatic carbocycles. The first-order chi connectivity index (χ1) is 10.6. The second-order valence-corrected chi connectivity index (χ2v) is 5.36. The molecule has 0 amide bonds. The number of ether oxygens (including phenoxy) is 2. The maximum absolute atomic E-state index is 9.89. The molecule has 2 rings (SSSR count). The first-order valence-electron chi connectivity index (χ1n) is 6.41. The van der Waals surface area contributed by atoms with Crippen molar-refractivity contribution in [3.63, 3.8) is 0 Å². The van der Waals surface area contributed by atoms with Gasteiger partial charge in [0.05, 0.1) is 25.9 Å². The second-order valence-electron chi connectivity index (χ2n) is 4.44. The standard InChI is InChI=1S/C17H14BrNO3/c1-21-16-6-3-11(9-17(16)22-2)13(10-19)7-12-8-14(18)4-5-15(12)20/h3-9,20H,1-2H3/b13-7+. The molecule has 1 N–H and O–H groups in total. The maximum Gasteiger partial charge on any atom is 0.161 e. The molecule has 0 bridgehead atoms. The Morgan fingerprint density at radius 2 is 1.86 bits per heavy atom. The highest BCUT2D eigenvalue weighted by Gasteiger charge is 2.09. The van der Waals surface area contributed by atoms with Crippen LogP contribution in [0.3, 0.4) is 0 Å². The van der Waals surface area contributed by atoms with Gasteiger partial charge in [-0.1, -0.05) is 15.9 Å². The first kappa shape index (κ1) is 15.9. The van der Waals surface area contributed by atoms with E-state index in [0.29, 0.717) is 28.2 Å². The molecule has 0 aliphatic rings. The zero-order valence-corrected chi connectivity index (χ0v) is 13.7. The lowest BCUT2D eigenvalue weighted by Crippen LogP contribution is -1.92. The predicted octanol–water partition coefficient (Wildman–Crippen LogP) is 4.24. The molecule has 0 aliphatic carbocycles. The van der Waals surface area contributed by atoms with Crippen LogP contribution in [0.5, 0.6) is 17.2 Å². The molecule has 0 saturated heterocycles. The summed E-state index contributed by atoms with van der Waals surface area (Å²) in [6, 6.07) is 12.4. The van der Waals surface area contributed by atoms with Crippen molar-refractivity contribution >= 4 is 27.6 Å². The number of aromatic hydroxyl groups is 1. The number of phenolic OH excluding ortho intramolecular Hbond substituents is 1. The normalized spacial score (nSPS) is 10.9. The van der Waals surface area contributed by atoms with Gasteiger partial charge in [-0.2, -0.15) is 5.26 Å². The number of benzene rings is 2. The van der Waals surface area contributed by atoms with Gasteiger partial charge in [0.15, 0.2) is 11.5 Å². The van der Waals surface area contributed by atoms with Crippen LogP contribution < -0.4 is 9.47 Å². The van der Waals surface area contributed by atoms with Crippen LogP contribution in [0.2, 0.25) is 0 Å². The lowest BCUT2D eigenvalue weighted by atomic mass is 10.0. The minimum atomic E-state index is 0.108. The lowest BCUT2D eigenvalue weighted by Gasteiger charge is -2.09. The summed E-state index contributed by atoms with van der Waals surface area (Å²) in [7, 11) is 3.09. The van der Waals surface area contributed by atoms with Crippen LogP contribution in [0.15, 0.2) is 40.9 Å². The van der Waals surface area contributed by atoms with Crippen LogP contribution in [0.25, 0.3) is 11.6 Å². The Balaban J connectivity index is 2.50. The topological polar surface area (TPSA) is 62.5 Å². The fraction of sp³-hybridized carbons (Fsp3) is 0.118. The van der Waals surface area contributed by atoms with E-state index in [-0.39, 0.29) is 5.75 Å². The third-order valence-corrected chi connectivity index (χ3v) is 3.60.